The van der Waals surface area contributed by atoms with Crippen molar-refractivity contribution in [1.29, 1.82) is 0 Å². The highest BCUT2D eigenvalue weighted by atomic mass is 16.5. The molecule has 0 radical (unpaired) electrons. The van der Waals surface area contributed by atoms with Crippen molar-refractivity contribution in [1.82, 2.24) is 10.2 Å². The van der Waals surface area contributed by atoms with Crippen LogP contribution in [0.3, 0.4) is 0 Å². The van der Waals surface area contributed by atoms with E-state index in [0.717, 1.165) is 19.3 Å². The molecule has 2 amide bonds. The maximum absolute atomic E-state index is 13.4. The lowest BCUT2D eigenvalue weighted by Crippen LogP contribution is -2.57. The molecule has 5 N–H and O–H groups in total. The number of aromatic hydroxyl groups is 2. The zero-order valence-corrected chi connectivity index (χ0v) is 22.5. The largest absolute Gasteiger partial charge is 0.504 e. The van der Waals surface area contributed by atoms with E-state index in [-0.39, 0.29) is 34.9 Å². The lowest BCUT2D eigenvalue weighted by atomic mass is 9.70. The molecule has 10 nitrogen and oxygen atoms in total. The van der Waals surface area contributed by atoms with E-state index in [1.807, 2.05) is 0 Å². The van der Waals surface area contributed by atoms with Crippen LogP contribution in [0.1, 0.15) is 65.4 Å². The molecule has 4 rings (SSSR count). The number of nitrogens with zero attached hydrogens (tertiary/aromatic N) is 1. The third kappa shape index (κ3) is 4.96. The number of esters is 1. The molecule has 38 heavy (non-hydrogen) atoms. The Balaban J connectivity index is 1.40. The highest BCUT2D eigenvalue weighted by molar-refractivity contribution is 5.92. The molecule has 2 bridgehead atoms. The Morgan fingerprint density at radius 3 is 2.42 bits per heavy atom. The molecule has 7 unspecified atom stereocenters. The topological polar surface area (TPSA) is 157 Å². The molecular weight excluding hydrogens is 492 g/mol. The van der Waals surface area contributed by atoms with Gasteiger partial charge in [0.2, 0.25) is 11.8 Å². The number of fused-ring (bicyclic) bond motifs is 2. The number of phenols is 2. The number of ether oxygens (including phenoxy) is 1. The van der Waals surface area contributed by atoms with Crippen LogP contribution >= 0.6 is 0 Å². The summed E-state index contributed by atoms with van der Waals surface area (Å²) in [5.41, 5.74) is 0.356. The summed E-state index contributed by atoms with van der Waals surface area (Å²) in [4.78, 5) is 40.8. The van der Waals surface area contributed by atoms with Crippen molar-refractivity contribution in [3.63, 3.8) is 0 Å². The van der Waals surface area contributed by atoms with Gasteiger partial charge in [0.1, 0.15) is 24.3 Å². The fraction of sp³-hybridized carbons (Fsp3) is 0.679. The number of benzene rings is 1. The van der Waals surface area contributed by atoms with Crippen LogP contribution in [0.4, 0.5) is 0 Å². The Morgan fingerprint density at radius 2 is 1.84 bits per heavy atom. The number of nitrogens with one attached hydrogen (secondary N) is 1. The maximum Gasteiger partial charge on any atom is 0.329 e. The van der Waals surface area contributed by atoms with Crippen molar-refractivity contribution < 1.29 is 39.5 Å². The number of carbonyl (C=O) groups excluding carboxylic acids is 3. The van der Waals surface area contributed by atoms with Gasteiger partial charge in [0.25, 0.3) is 0 Å². The van der Waals surface area contributed by atoms with E-state index in [1.54, 1.807) is 0 Å². The maximum atomic E-state index is 13.4. The van der Waals surface area contributed by atoms with Crippen LogP contribution < -0.4 is 5.32 Å². The second-order valence-electron chi connectivity index (χ2n) is 12.0. The number of aliphatic hydroxyl groups is 2. The van der Waals surface area contributed by atoms with Crippen LogP contribution in [-0.4, -0.2) is 80.1 Å². The van der Waals surface area contributed by atoms with E-state index in [9.17, 15) is 34.8 Å². The van der Waals surface area contributed by atoms with E-state index < -0.39 is 42.1 Å². The molecule has 1 heterocycles. The van der Waals surface area contributed by atoms with Crippen LogP contribution in [0, 0.1) is 16.7 Å². The summed E-state index contributed by atoms with van der Waals surface area (Å²) in [5, 5.41) is 42.2. The van der Waals surface area contributed by atoms with Crippen LogP contribution in [0.25, 0.3) is 0 Å². The van der Waals surface area contributed by atoms with Gasteiger partial charge in [0.15, 0.2) is 11.5 Å². The molecule has 1 aliphatic heterocycles. The van der Waals surface area contributed by atoms with Gasteiger partial charge in [-0.05, 0) is 68.1 Å². The zero-order valence-electron chi connectivity index (χ0n) is 22.5. The van der Waals surface area contributed by atoms with Gasteiger partial charge in [0.05, 0.1) is 6.10 Å². The number of amides is 2. The molecule has 210 valence electrons. The van der Waals surface area contributed by atoms with Gasteiger partial charge in [-0.3, -0.25) is 9.59 Å². The van der Waals surface area contributed by atoms with Crippen LogP contribution in [0.2, 0.25) is 0 Å². The summed E-state index contributed by atoms with van der Waals surface area (Å²) in [6, 6.07) is 1.75. The fourth-order valence-electron chi connectivity index (χ4n) is 6.63. The minimum absolute atomic E-state index is 0.0739. The van der Waals surface area contributed by atoms with Gasteiger partial charge in [0, 0.05) is 18.4 Å². The van der Waals surface area contributed by atoms with Crippen molar-refractivity contribution in [3.8, 4) is 11.5 Å². The third-order valence-electron chi connectivity index (χ3n) is 9.60. The van der Waals surface area contributed by atoms with Crippen molar-refractivity contribution in [3.05, 3.63) is 23.8 Å². The van der Waals surface area contributed by atoms with Gasteiger partial charge in [-0.2, -0.15) is 0 Å². The lowest BCUT2D eigenvalue weighted by molar-refractivity contribution is -0.165. The molecule has 0 aromatic heterocycles. The summed E-state index contributed by atoms with van der Waals surface area (Å²) >= 11 is 0. The first-order chi connectivity index (χ1) is 17.8. The highest BCUT2D eigenvalue weighted by Crippen LogP contribution is 2.66. The Morgan fingerprint density at radius 1 is 1.13 bits per heavy atom. The average Bonchev–Trinajstić information content (AvgIpc) is 3.47. The average molecular weight is 533 g/mol. The molecule has 1 saturated heterocycles. The molecule has 1 aromatic carbocycles. The molecule has 0 spiro atoms. The molecule has 7 atom stereocenters. The van der Waals surface area contributed by atoms with Gasteiger partial charge in [-0.15, -0.1) is 0 Å². The summed E-state index contributed by atoms with van der Waals surface area (Å²) in [7, 11) is 0. The number of hydrogen-bond donors (Lipinski definition) is 5. The van der Waals surface area contributed by atoms with Gasteiger partial charge in [-0.1, -0.05) is 26.8 Å². The van der Waals surface area contributed by atoms with Gasteiger partial charge in [-0.25, -0.2) is 4.79 Å². The SMILES string of the molecule is CC(O)C(NC(=O)C(O)Cc1ccc(O)c(O)c1)C(=O)N1CCCC1C(=O)OC1CC2CCC1(C)C2(C)C. The van der Waals surface area contributed by atoms with Gasteiger partial charge < -0.3 is 35.4 Å². The molecular formula is C28H40N2O8. The normalized spacial score (nSPS) is 30.1. The standard InChI is InChI=1S/C28H40N2O8/c1-15(31)23(29-24(35)21(34)13-16-7-8-19(32)20(33)12-16)25(36)30-11-5-6-18(30)26(37)38-22-14-17-9-10-28(22,4)27(17,2)3/h7-8,12,15,17-18,21-23,31-34H,5-6,9-11,13-14H2,1-4H3,(H,29,35). The van der Waals surface area contributed by atoms with E-state index in [0.29, 0.717) is 30.9 Å². The third-order valence-corrected chi connectivity index (χ3v) is 9.60. The van der Waals surface area contributed by atoms with Crippen LogP contribution in [0.15, 0.2) is 18.2 Å². The first-order valence-electron chi connectivity index (χ1n) is 13.4. The second kappa shape index (κ2) is 10.4. The van der Waals surface area contributed by atoms with Crippen molar-refractivity contribution in [2.45, 2.75) is 96.6 Å². The molecule has 1 aromatic rings. The molecule has 3 fully saturated rings. The minimum atomic E-state index is -1.57. The van der Waals surface area contributed by atoms with E-state index in [1.165, 1.54) is 30.0 Å². The quantitative estimate of drug-likeness (QED) is 0.250. The Hall–Kier alpha value is -2.85. The molecule has 2 saturated carbocycles. The number of carbonyl (C=O) groups is 3. The van der Waals surface area contributed by atoms with Crippen LogP contribution in [0.5, 0.6) is 11.5 Å². The smallest absolute Gasteiger partial charge is 0.329 e. The molecule has 2 aliphatic carbocycles. The van der Waals surface area contributed by atoms with E-state index >= 15 is 0 Å². The van der Waals surface area contributed by atoms with Crippen LogP contribution in [-0.2, 0) is 25.5 Å². The first kappa shape index (κ1) is 28.2. The van der Waals surface area contributed by atoms with Crippen molar-refractivity contribution >= 4 is 17.8 Å². The summed E-state index contributed by atoms with van der Waals surface area (Å²) in [5.74, 6) is -2.16. The lowest BCUT2D eigenvalue weighted by Gasteiger charge is -2.39. The monoisotopic (exact) mass is 532 g/mol. The van der Waals surface area contributed by atoms with E-state index in [4.69, 9.17) is 4.74 Å². The predicted molar refractivity (Wildman–Crippen MR) is 137 cm³/mol. The number of likely N-dealkylation sites (tertiary alicyclic amines) is 1. The number of phenolic OH excluding ortho intramolecular Hbond substituents is 2. The zero-order chi connectivity index (χ0) is 28.0. The highest BCUT2D eigenvalue weighted by Gasteiger charge is 2.63. The Kier molecular flexibility index (Phi) is 7.69. The second-order valence-corrected chi connectivity index (χ2v) is 12.0. The number of aliphatic hydroxyl groups excluding tert-OH is 2. The van der Waals surface area contributed by atoms with Crippen molar-refractivity contribution in [2.75, 3.05) is 6.54 Å². The molecule has 10 heteroatoms. The number of rotatable bonds is 8. The van der Waals surface area contributed by atoms with E-state index in [2.05, 4.69) is 26.1 Å². The Bertz CT molecular complexity index is 1090. The fourth-order valence-corrected chi connectivity index (χ4v) is 6.63. The summed E-state index contributed by atoms with van der Waals surface area (Å²) in [6.45, 7) is 8.30. The minimum Gasteiger partial charge on any atom is -0.504 e. The first-order valence-corrected chi connectivity index (χ1v) is 13.4. The summed E-state index contributed by atoms with van der Waals surface area (Å²) in [6.07, 6.45) is 0.731. The summed E-state index contributed by atoms with van der Waals surface area (Å²) < 4.78 is 6.03. The Labute approximate surface area is 223 Å². The predicted octanol–water partition coefficient (Wildman–Crippen LogP) is 1.62. The molecule has 3 aliphatic rings. The number of hydrogen-bond acceptors (Lipinski definition) is 8. The van der Waals surface area contributed by atoms with Gasteiger partial charge >= 0.3 is 5.97 Å². The van der Waals surface area contributed by atoms with Crippen molar-refractivity contribution in [2.24, 2.45) is 16.7 Å².